The summed E-state index contributed by atoms with van der Waals surface area (Å²) in [7, 11) is 0. The van der Waals surface area contributed by atoms with Crippen molar-refractivity contribution in [1.82, 2.24) is 19.9 Å². The third-order valence-electron chi connectivity index (χ3n) is 4.51. The van der Waals surface area contributed by atoms with E-state index in [1.807, 2.05) is 30.5 Å². The minimum absolute atomic E-state index is 0.482. The van der Waals surface area contributed by atoms with E-state index in [0.29, 0.717) is 23.8 Å². The maximum Gasteiger partial charge on any atom is 0.223 e. The van der Waals surface area contributed by atoms with Gasteiger partial charge in [0.15, 0.2) is 0 Å². The summed E-state index contributed by atoms with van der Waals surface area (Å²) in [5, 5.41) is 16.4. The molecule has 0 saturated heterocycles. The number of hydrogen-bond donors (Lipinski definition) is 3. The van der Waals surface area contributed by atoms with Crippen LogP contribution >= 0.6 is 0 Å². The highest BCUT2D eigenvalue weighted by molar-refractivity contribution is 5.90. The van der Waals surface area contributed by atoms with Gasteiger partial charge in [-0.3, -0.25) is 0 Å². The van der Waals surface area contributed by atoms with Gasteiger partial charge in [-0.1, -0.05) is 12.1 Å². The van der Waals surface area contributed by atoms with E-state index in [1.54, 1.807) is 18.6 Å². The summed E-state index contributed by atoms with van der Waals surface area (Å²) in [5.74, 6) is 1.23. The molecule has 0 atom stereocenters. The average Bonchev–Trinajstić information content (AvgIpc) is 3.36. The van der Waals surface area contributed by atoms with Crippen molar-refractivity contribution in [2.75, 3.05) is 28.6 Å². The van der Waals surface area contributed by atoms with Crippen LogP contribution in [-0.2, 0) is 6.42 Å². The Morgan fingerprint density at radius 2 is 2.14 bits per heavy atom. The van der Waals surface area contributed by atoms with E-state index in [-0.39, 0.29) is 0 Å². The monoisotopic (exact) mass is 372 g/mol. The van der Waals surface area contributed by atoms with Crippen LogP contribution in [0.5, 0.6) is 0 Å². The minimum atomic E-state index is 0.482. The number of aromatic nitrogens is 4. The maximum absolute atomic E-state index is 9.86. The number of aromatic amines is 1. The van der Waals surface area contributed by atoms with Crippen LogP contribution in [-0.4, -0.2) is 33.0 Å². The molecule has 3 N–H and O–H groups in total. The van der Waals surface area contributed by atoms with E-state index in [0.717, 1.165) is 35.9 Å². The van der Waals surface area contributed by atoms with Crippen molar-refractivity contribution in [2.24, 2.45) is 0 Å². The molecule has 3 heterocycles. The molecule has 8 nitrogen and oxygen atoms in total. The number of fused-ring (bicyclic) bond motifs is 1. The van der Waals surface area contributed by atoms with Gasteiger partial charge in [-0.2, -0.15) is 5.26 Å². The Morgan fingerprint density at radius 1 is 1.25 bits per heavy atom. The Kier molecular flexibility index (Phi) is 4.89. The lowest BCUT2D eigenvalue weighted by Gasteiger charge is -2.19. The van der Waals surface area contributed by atoms with Crippen molar-refractivity contribution < 1.29 is 0 Å². The van der Waals surface area contributed by atoms with Gasteiger partial charge in [0, 0.05) is 31.9 Å². The van der Waals surface area contributed by atoms with E-state index in [4.69, 9.17) is 0 Å². The van der Waals surface area contributed by atoms with Gasteiger partial charge in [0.25, 0.3) is 0 Å². The first-order valence-corrected chi connectivity index (χ1v) is 9.13. The maximum atomic E-state index is 9.86. The first kappa shape index (κ1) is 17.5. The summed E-state index contributed by atoms with van der Waals surface area (Å²) >= 11 is 0. The molecule has 1 aliphatic heterocycles. The molecular formula is C20H20N8. The quantitative estimate of drug-likeness (QED) is 0.571. The van der Waals surface area contributed by atoms with Crippen LogP contribution in [0.3, 0.4) is 0 Å². The zero-order valence-corrected chi connectivity index (χ0v) is 15.5. The molecule has 3 aromatic rings. The summed E-state index contributed by atoms with van der Waals surface area (Å²) in [5.41, 5.74) is 4.07. The van der Waals surface area contributed by atoms with E-state index in [2.05, 4.69) is 48.5 Å². The van der Waals surface area contributed by atoms with Crippen molar-refractivity contribution >= 4 is 22.9 Å². The molecule has 4 rings (SSSR count). The lowest BCUT2D eigenvalue weighted by molar-refractivity contribution is 0.950. The topological polar surface area (TPSA) is 106 Å². The highest BCUT2D eigenvalue weighted by Crippen LogP contribution is 2.38. The molecule has 0 radical (unpaired) electrons. The molecule has 2 aromatic heterocycles. The molecule has 0 aliphatic carbocycles. The Bertz CT molecular complexity index is 1030. The molecule has 8 heteroatoms. The first-order chi connectivity index (χ1) is 13.8. The van der Waals surface area contributed by atoms with Crippen LogP contribution in [0, 0.1) is 11.3 Å². The van der Waals surface area contributed by atoms with E-state index in [1.165, 1.54) is 0 Å². The number of imidazole rings is 1. The van der Waals surface area contributed by atoms with E-state index < -0.39 is 0 Å². The molecular weight excluding hydrogens is 352 g/mol. The standard InChI is InChI=1S/C20H20N8/c1-2-28-18-6-4-3-5-17(18)26-19(28)15(11-21)16-8-10-24-20(27-16)23-9-7-14-12-22-13-25-14/h3-6,8,10,12-13,26H,2,7,9H2,1H3,(H,22,25)(H,23,24,27)/b19-15+. The van der Waals surface area contributed by atoms with Gasteiger partial charge in [0.1, 0.15) is 17.5 Å². The predicted molar refractivity (Wildman–Crippen MR) is 108 cm³/mol. The number of benzene rings is 1. The van der Waals surface area contributed by atoms with Gasteiger partial charge >= 0.3 is 0 Å². The van der Waals surface area contributed by atoms with E-state index >= 15 is 0 Å². The van der Waals surface area contributed by atoms with Gasteiger partial charge in [-0.05, 0) is 25.1 Å². The van der Waals surface area contributed by atoms with Crippen molar-refractivity contribution in [1.29, 1.82) is 5.26 Å². The molecule has 1 aliphatic rings. The molecule has 0 amide bonds. The molecule has 0 saturated carbocycles. The lowest BCUT2D eigenvalue weighted by atomic mass is 10.2. The Morgan fingerprint density at radius 3 is 2.93 bits per heavy atom. The Labute approximate surface area is 163 Å². The summed E-state index contributed by atoms with van der Waals surface area (Å²) in [6.45, 7) is 3.45. The second-order valence-corrected chi connectivity index (χ2v) is 6.22. The number of para-hydroxylation sites is 2. The van der Waals surface area contributed by atoms with Crippen LogP contribution in [0.1, 0.15) is 18.3 Å². The third kappa shape index (κ3) is 3.38. The smallest absolute Gasteiger partial charge is 0.223 e. The van der Waals surface area contributed by atoms with Gasteiger partial charge in [-0.25, -0.2) is 15.0 Å². The van der Waals surface area contributed by atoms with Crippen molar-refractivity contribution in [3.63, 3.8) is 0 Å². The van der Waals surface area contributed by atoms with Crippen molar-refractivity contribution in [3.05, 3.63) is 66.3 Å². The first-order valence-electron chi connectivity index (χ1n) is 9.13. The Balaban J connectivity index is 1.58. The normalized spacial score (nSPS) is 14.2. The number of nitrogens with zero attached hydrogens (tertiary/aromatic N) is 5. The average molecular weight is 372 g/mol. The molecule has 0 fully saturated rings. The minimum Gasteiger partial charge on any atom is -0.354 e. The summed E-state index contributed by atoms with van der Waals surface area (Å²) in [4.78, 5) is 18.0. The second-order valence-electron chi connectivity index (χ2n) is 6.22. The van der Waals surface area contributed by atoms with Crippen LogP contribution in [0.4, 0.5) is 17.3 Å². The summed E-state index contributed by atoms with van der Waals surface area (Å²) in [6.07, 6.45) is 5.93. The highest BCUT2D eigenvalue weighted by atomic mass is 15.3. The molecule has 140 valence electrons. The van der Waals surface area contributed by atoms with Crippen LogP contribution in [0.15, 0.2) is 54.9 Å². The number of nitrogens with one attached hydrogen (secondary N) is 3. The molecule has 0 bridgehead atoms. The predicted octanol–water partition coefficient (Wildman–Crippen LogP) is 3.00. The summed E-state index contributed by atoms with van der Waals surface area (Å²) < 4.78 is 0. The fourth-order valence-corrected chi connectivity index (χ4v) is 3.20. The fourth-order valence-electron chi connectivity index (χ4n) is 3.20. The molecule has 1 aromatic carbocycles. The van der Waals surface area contributed by atoms with Gasteiger partial charge < -0.3 is 20.5 Å². The van der Waals surface area contributed by atoms with Crippen LogP contribution < -0.4 is 15.5 Å². The largest absolute Gasteiger partial charge is 0.354 e. The van der Waals surface area contributed by atoms with Crippen molar-refractivity contribution in [3.8, 4) is 6.07 Å². The SMILES string of the molecule is CCN1/C(=C(\C#N)c2ccnc(NCCc3c[nH]cn3)n2)Nc2ccccc21. The number of allylic oxidation sites excluding steroid dienone is 1. The third-order valence-corrected chi connectivity index (χ3v) is 4.51. The number of H-pyrrole nitrogens is 1. The van der Waals surface area contributed by atoms with E-state index in [9.17, 15) is 5.26 Å². The molecule has 28 heavy (non-hydrogen) atoms. The Hall–Kier alpha value is -3.86. The van der Waals surface area contributed by atoms with Gasteiger partial charge in [0.05, 0.1) is 29.1 Å². The second kappa shape index (κ2) is 7.80. The zero-order chi connectivity index (χ0) is 19.3. The lowest BCUT2D eigenvalue weighted by Crippen LogP contribution is -2.21. The summed E-state index contributed by atoms with van der Waals surface area (Å²) in [6, 6.07) is 12.1. The zero-order valence-electron chi connectivity index (χ0n) is 15.5. The number of rotatable bonds is 6. The number of anilines is 3. The van der Waals surface area contributed by atoms with Gasteiger partial charge in [-0.15, -0.1) is 0 Å². The number of nitriles is 1. The molecule has 0 spiro atoms. The highest BCUT2D eigenvalue weighted by Gasteiger charge is 2.26. The number of hydrogen-bond acceptors (Lipinski definition) is 7. The van der Waals surface area contributed by atoms with Crippen LogP contribution in [0.25, 0.3) is 5.57 Å². The molecule has 0 unspecified atom stereocenters. The van der Waals surface area contributed by atoms with Crippen molar-refractivity contribution in [2.45, 2.75) is 13.3 Å². The van der Waals surface area contributed by atoms with Crippen LogP contribution in [0.2, 0.25) is 0 Å². The fraction of sp³-hybridized carbons (Fsp3) is 0.200. The van der Waals surface area contributed by atoms with Gasteiger partial charge in [0.2, 0.25) is 5.95 Å².